The monoisotopic (exact) mass is 303 g/mol. The molecule has 1 atom stereocenters. The highest BCUT2D eigenvalue weighted by Gasteiger charge is 2.27. The first-order valence-electron chi connectivity index (χ1n) is 7.31. The highest BCUT2D eigenvalue weighted by molar-refractivity contribution is 5.22. The fourth-order valence-electron chi connectivity index (χ4n) is 2.24. The molecule has 1 N–H and O–H groups in total. The standard InChI is InChI=1S/C16H24F3NO/c1-3-20-11-15(7-8-21-12-16(17,18)19)10-14-6-4-5-13(2)9-14/h4-6,9,15,20H,3,7-8,10-12H2,1-2H3. The number of halogens is 3. The van der Waals surface area contributed by atoms with E-state index in [1.807, 2.05) is 26.0 Å². The van der Waals surface area contributed by atoms with E-state index in [-0.39, 0.29) is 12.5 Å². The van der Waals surface area contributed by atoms with Crippen LogP contribution in [0.3, 0.4) is 0 Å². The van der Waals surface area contributed by atoms with Gasteiger partial charge in [0.2, 0.25) is 0 Å². The Bertz CT molecular complexity index is 407. The molecule has 120 valence electrons. The van der Waals surface area contributed by atoms with Gasteiger partial charge in [-0.1, -0.05) is 36.8 Å². The van der Waals surface area contributed by atoms with E-state index in [0.29, 0.717) is 6.42 Å². The molecule has 0 amide bonds. The van der Waals surface area contributed by atoms with Gasteiger partial charge in [0.25, 0.3) is 0 Å². The molecule has 0 aliphatic heterocycles. The van der Waals surface area contributed by atoms with Gasteiger partial charge in [-0.15, -0.1) is 0 Å². The minimum atomic E-state index is -4.24. The zero-order chi connectivity index (χ0) is 15.7. The molecule has 1 aromatic carbocycles. The number of hydrogen-bond donors (Lipinski definition) is 1. The second kappa shape index (κ2) is 9.05. The number of nitrogens with one attached hydrogen (secondary N) is 1. The normalized spacial score (nSPS) is 13.4. The van der Waals surface area contributed by atoms with E-state index in [4.69, 9.17) is 4.74 Å². The van der Waals surface area contributed by atoms with Gasteiger partial charge < -0.3 is 10.1 Å². The molecule has 0 saturated carbocycles. The van der Waals surface area contributed by atoms with Crippen molar-refractivity contribution in [3.63, 3.8) is 0 Å². The third kappa shape index (κ3) is 8.73. The lowest BCUT2D eigenvalue weighted by atomic mass is 9.95. The molecule has 2 nitrogen and oxygen atoms in total. The van der Waals surface area contributed by atoms with Gasteiger partial charge in [0, 0.05) is 6.61 Å². The maximum Gasteiger partial charge on any atom is 0.411 e. The first-order valence-corrected chi connectivity index (χ1v) is 7.31. The van der Waals surface area contributed by atoms with Crippen LogP contribution in [0.4, 0.5) is 13.2 Å². The summed E-state index contributed by atoms with van der Waals surface area (Å²) < 4.78 is 40.8. The van der Waals surface area contributed by atoms with Crippen molar-refractivity contribution in [3.05, 3.63) is 35.4 Å². The van der Waals surface area contributed by atoms with Gasteiger partial charge in [-0.25, -0.2) is 0 Å². The van der Waals surface area contributed by atoms with Crippen molar-refractivity contribution in [1.82, 2.24) is 5.32 Å². The van der Waals surface area contributed by atoms with Crippen molar-refractivity contribution in [2.24, 2.45) is 5.92 Å². The molecule has 21 heavy (non-hydrogen) atoms. The first kappa shape index (κ1) is 18.0. The topological polar surface area (TPSA) is 21.3 Å². The van der Waals surface area contributed by atoms with E-state index >= 15 is 0 Å². The largest absolute Gasteiger partial charge is 0.411 e. The van der Waals surface area contributed by atoms with E-state index in [2.05, 4.69) is 17.4 Å². The van der Waals surface area contributed by atoms with Gasteiger partial charge in [0.15, 0.2) is 0 Å². The second-order valence-electron chi connectivity index (χ2n) is 5.32. The van der Waals surface area contributed by atoms with E-state index in [9.17, 15) is 13.2 Å². The van der Waals surface area contributed by atoms with E-state index in [1.54, 1.807) is 0 Å². The van der Waals surface area contributed by atoms with Crippen LogP contribution in [0.1, 0.15) is 24.5 Å². The Kier molecular flexibility index (Phi) is 7.75. The summed E-state index contributed by atoms with van der Waals surface area (Å²) in [5, 5.41) is 3.26. The quantitative estimate of drug-likeness (QED) is 0.702. The first-order chi connectivity index (χ1) is 9.90. The van der Waals surface area contributed by atoms with Gasteiger partial charge in [-0.05, 0) is 44.3 Å². The number of benzene rings is 1. The molecule has 0 aliphatic carbocycles. The summed E-state index contributed by atoms with van der Waals surface area (Å²) in [6, 6.07) is 8.22. The van der Waals surface area contributed by atoms with E-state index in [1.165, 1.54) is 11.1 Å². The summed E-state index contributed by atoms with van der Waals surface area (Å²) >= 11 is 0. The molecule has 1 unspecified atom stereocenters. The van der Waals surface area contributed by atoms with Gasteiger partial charge >= 0.3 is 6.18 Å². The number of alkyl halides is 3. The molecule has 1 rings (SSSR count). The Labute approximate surface area is 124 Å². The predicted molar refractivity (Wildman–Crippen MR) is 78.4 cm³/mol. The zero-order valence-electron chi connectivity index (χ0n) is 12.7. The number of aryl methyl sites for hydroxylation is 1. The maximum atomic E-state index is 12.0. The molecule has 0 bridgehead atoms. The molecule has 0 saturated heterocycles. The highest BCUT2D eigenvalue weighted by Crippen LogP contribution is 2.17. The molecule has 0 aliphatic rings. The number of ether oxygens (including phenoxy) is 1. The smallest absolute Gasteiger partial charge is 0.372 e. The van der Waals surface area contributed by atoms with Gasteiger partial charge in [-0.2, -0.15) is 13.2 Å². The summed E-state index contributed by atoms with van der Waals surface area (Å²) in [7, 11) is 0. The third-order valence-corrected chi connectivity index (χ3v) is 3.23. The molecular weight excluding hydrogens is 279 g/mol. The minimum Gasteiger partial charge on any atom is -0.372 e. The molecule has 0 radical (unpaired) electrons. The van der Waals surface area contributed by atoms with E-state index < -0.39 is 12.8 Å². The average molecular weight is 303 g/mol. The molecule has 0 spiro atoms. The lowest BCUT2D eigenvalue weighted by Gasteiger charge is -2.18. The molecule has 1 aromatic rings. The summed E-state index contributed by atoms with van der Waals surface area (Å²) in [6.07, 6.45) is -2.77. The fourth-order valence-corrected chi connectivity index (χ4v) is 2.24. The van der Waals surface area contributed by atoms with Crippen LogP contribution in [-0.4, -0.2) is 32.5 Å². The number of rotatable bonds is 9. The molecular formula is C16H24F3NO. The van der Waals surface area contributed by atoms with Gasteiger partial charge in [0.05, 0.1) is 0 Å². The Hall–Kier alpha value is -1.07. The van der Waals surface area contributed by atoms with Crippen molar-refractivity contribution in [2.45, 2.75) is 32.9 Å². The second-order valence-corrected chi connectivity index (χ2v) is 5.32. The molecule has 0 heterocycles. The Morgan fingerprint density at radius 2 is 2.05 bits per heavy atom. The summed E-state index contributed by atoms with van der Waals surface area (Å²) in [4.78, 5) is 0. The summed E-state index contributed by atoms with van der Waals surface area (Å²) in [6.45, 7) is 4.68. The molecule has 5 heteroatoms. The van der Waals surface area contributed by atoms with Crippen molar-refractivity contribution in [1.29, 1.82) is 0 Å². The van der Waals surface area contributed by atoms with Crippen LogP contribution < -0.4 is 5.32 Å². The van der Waals surface area contributed by atoms with Crippen LogP contribution in [0.2, 0.25) is 0 Å². The van der Waals surface area contributed by atoms with Crippen LogP contribution in [-0.2, 0) is 11.2 Å². The number of hydrogen-bond acceptors (Lipinski definition) is 2. The Morgan fingerprint density at radius 3 is 2.67 bits per heavy atom. The Morgan fingerprint density at radius 1 is 1.29 bits per heavy atom. The average Bonchev–Trinajstić information content (AvgIpc) is 2.39. The highest BCUT2D eigenvalue weighted by atomic mass is 19.4. The Balaban J connectivity index is 2.43. The van der Waals surface area contributed by atoms with Crippen molar-refractivity contribution in [3.8, 4) is 0 Å². The summed E-state index contributed by atoms with van der Waals surface area (Å²) in [5.74, 6) is 0.278. The van der Waals surface area contributed by atoms with Gasteiger partial charge in [0.1, 0.15) is 6.61 Å². The molecule has 0 fully saturated rings. The van der Waals surface area contributed by atoms with Crippen LogP contribution in [0.15, 0.2) is 24.3 Å². The van der Waals surface area contributed by atoms with E-state index in [0.717, 1.165) is 19.5 Å². The summed E-state index contributed by atoms with van der Waals surface area (Å²) in [5.41, 5.74) is 2.41. The molecule has 0 aromatic heterocycles. The lowest BCUT2D eigenvalue weighted by Crippen LogP contribution is -2.26. The van der Waals surface area contributed by atoms with Crippen LogP contribution in [0.25, 0.3) is 0 Å². The predicted octanol–water partition coefficient (Wildman–Crippen LogP) is 3.73. The third-order valence-electron chi connectivity index (χ3n) is 3.23. The SMILES string of the molecule is CCNCC(CCOCC(F)(F)F)Cc1cccc(C)c1. The maximum absolute atomic E-state index is 12.0. The minimum absolute atomic E-state index is 0.140. The van der Waals surface area contributed by atoms with Crippen LogP contribution in [0, 0.1) is 12.8 Å². The van der Waals surface area contributed by atoms with Crippen LogP contribution in [0.5, 0.6) is 0 Å². The fraction of sp³-hybridized carbons (Fsp3) is 0.625. The van der Waals surface area contributed by atoms with Crippen molar-refractivity contribution >= 4 is 0 Å². The lowest BCUT2D eigenvalue weighted by molar-refractivity contribution is -0.174. The van der Waals surface area contributed by atoms with Crippen LogP contribution >= 0.6 is 0 Å². The van der Waals surface area contributed by atoms with Crippen molar-refractivity contribution in [2.75, 3.05) is 26.3 Å². The zero-order valence-corrected chi connectivity index (χ0v) is 12.7. The van der Waals surface area contributed by atoms with Crippen molar-refractivity contribution < 1.29 is 17.9 Å². The van der Waals surface area contributed by atoms with Gasteiger partial charge in [-0.3, -0.25) is 0 Å².